The van der Waals surface area contributed by atoms with Crippen molar-refractivity contribution in [1.29, 1.82) is 0 Å². The molecule has 0 fully saturated rings. The van der Waals surface area contributed by atoms with E-state index in [1.54, 1.807) is 46.7 Å². The van der Waals surface area contributed by atoms with Crippen molar-refractivity contribution in [3.05, 3.63) is 88.5 Å². The van der Waals surface area contributed by atoms with Crippen LogP contribution in [0, 0.1) is 0 Å². The number of hydrogen-bond acceptors (Lipinski definition) is 3. The highest BCUT2D eigenvalue weighted by Crippen LogP contribution is 2.43. The molecule has 38 heavy (non-hydrogen) atoms. The van der Waals surface area contributed by atoms with Gasteiger partial charge in [0.05, 0.1) is 17.3 Å². The summed E-state index contributed by atoms with van der Waals surface area (Å²) in [4.78, 5) is 18.8. The van der Waals surface area contributed by atoms with E-state index in [-0.39, 0.29) is 37.5 Å². The fourth-order valence-electron chi connectivity index (χ4n) is 5.15. The topological polar surface area (TPSA) is 50.2 Å². The van der Waals surface area contributed by atoms with Gasteiger partial charge in [-0.1, -0.05) is 49.4 Å². The number of hydrogen-bond donors (Lipinski definition) is 1. The van der Waals surface area contributed by atoms with Crippen LogP contribution in [0.25, 0.3) is 0 Å². The number of amides is 1. The number of aryl methyl sites for hydroxylation is 2. The van der Waals surface area contributed by atoms with Gasteiger partial charge >= 0.3 is 12.4 Å². The number of nitrogens with zero attached hydrogens (tertiary/aromatic N) is 3. The maximum absolute atomic E-state index is 14.2. The summed E-state index contributed by atoms with van der Waals surface area (Å²) in [6, 6.07) is 11.7. The highest BCUT2D eigenvalue weighted by Gasteiger charge is 2.46. The molecule has 2 aromatic carbocycles. The van der Waals surface area contributed by atoms with Gasteiger partial charge in [-0.2, -0.15) is 26.3 Å². The predicted octanol–water partition coefficient (Wildman–Crippen LogP) is 5.96. The largest absolute Gasteiger partial charge is 0.435 e. The number of aromatic nitrogens is 2. The monoisotopic (exact) mass is 538 g/mol. The average Bonchev–Trinajstić information content (AvgIpc) is 3.28. The normalized spacial score (nSPS) is 17.2. The molecule has 2 atom stereocenters. The minimum Gasteiger partial charge on any atom is -0.358 e. The van der Waals surface area contributed by atoms with Gasteiger partial charge in [-0.15, -0.1) is 0 Å². The maximum atomic E-state index is 14.2. The zero-order valence-corrected chi connectivity index (χ0v) is 20.9. The second-order valence-electron chi connectivity index (χ2n) is 9.18. The van der Waals surface area contributed by atoms with Crippen molar-refractivity contribution >= 4 is 5.91 Å². The van der Waals surface area contributed by atoms with Crippen molar-refractivity contribution in [3.63, 3.8) is 0 Å². The number of carbonyl (C=O) groups is 1. The Bertz CT molecular complexity index is 1250. The van der Waals surface area contributed by atoms with Gasteiger partial charge in [0.2, 0.25) is 5.91 Å². The molecule has 0 saturated heterocycles. The van der Waals surface area contributed by atoms with E-state index in [1.165, 1.54) is 19.2 Å². The molecule has 1 aliphatic heterocycles. The lowest BCUT2D eigenvalue weighted by Gasteiger charge is -2.42. The zero-order chi connectivity index (χ0) is 27.7. The molecule has 1 aliphatic rings. The summed E-state index contributed by atoms with van der Waals surface area (Å²) in [6.45, 7) is 2.24. The van der Waals surface area contributed by atoms with Crippen molar-refractivity contribution in [2.24, 2.45) is 0 Å². The third kappa shape index (κ3) is 5.57. The van der Waals surface area contributed by atoms with Gasteiger partial charge < -0.3 is 9.88 Å². The van der Waals surface area contributed by atoms with Crippen LogP contribution in [-0.4, -0.2) is 34.0 Å². The minimum atomic E-state index is -4.71. The standard InChI is InChI=1S/C27H28F6N4O/c1-3-21-35-24(27(31,32)33)23-20(14-11-17-9-12-19(13-10-17)26(28,29)30)36(15-16-37(21)23)22(25(38)34-2)18-7-5-4-6-8-18/h4-10,12-13,20,22H,3,11,14-16H2,1-2H3,(H,34,38)/t20-,22+/m0/s1. The van der Waals surface area contributed by atoms with Gasteiger partial charge in [-0.25, -0.2) is 4.98 Å². The number of halogens is 6. The summed E-state index contributed by atoms with van der Waals surface area (Å²) in [7, 11) is 1.47. The molecule has 2 heterocycles. The van der Waals surface area contributed by atoms with Crippen LogP contribution in [0.2, 0.25) is 0 Å². The first kappa shape index (κ1) is 27.7. The SMILES string of the molecule is CCc1nc(C(F)(F)F)c2n1CCN([C@@H](C(=O)NC)c1ccccc1)[C@H]2CCc1ccc(C(F)(F)F)cc1. The molecule has 1 aromatic heterocycles. The van der Waals surface area contributed by atoms with E-state index in [4.69, 9.17) is 0 Å². The first-order chi connectivity index (χ1) is 18.0. The van der Waals surface area contributed by atoms with Gasteiger partial charge in [-0.3, -0.25) is 9.69 Å². The summed E-state index contributed by atoms with van der Waals surface area (Å²) in [6.07, 6.45) is -8.55. The van der Waals surface area contributed by atoms with Crippen molar-refractivity contribution in [3.8, 4) is 0 Å². The van der Waals surface area contributed by atoms with Crippen LogP contribution in [0.3, 0.4) is 0 Å². The molecule has 5 nitrogen and oxygen atoms in total. The molecule has 0 spiro atoms. The third-order valence-electron chi connectivity index (χ3n) is 6.90. The Morgan fingerprint density at radius 3 is 2.21 bits per heavy atom. The third-order valence-corrected chi connectivity index (χ3v) is 6.90. The van der Waals surface area contributed by atoms with E-state index in [9.17, 15) is 31.1 Å². The molecule has 4 rings (SSSR count). The van der Waals surface area contributed by atoms with Crippen LogP contribution in [0.5, 0.6) is 0 Å². The maximum Gasteiger partial charge on any atom is 0.435 e. The van der Waals surface area contributed by atoms with Gasteiger partial charge in [-0.05, 0) is 36.1 Å². The lowest BCUT2D eigenvalue weighted by molar-refractivity contribution is -0.143. The lowest BCUT2D eigenvalue weighted by atomic mass is 9.94. The molecular formula is C27H28F6N4O. The molecule has 1 amide bonds. The molecule has 0 saturated carbocycles. The van der Waals surface area contributed by atoms with Crippen LogP contribution < -0.4 is 5.32 Å². The van der Waals surface area contributed by atoms with Crippen LogP contribution in [-0.2, 0) is 36.5 Å². The lowest BCUT2D eigenvalue weighted by Crippen LogP contribution is -2.46. The molecule has 0 radical (unpaired) electrons. The Hall–Kier alpha value is -3.34. The van der Waals surface area contributed by atoms with E-state index >= 15 is 0 Å². The van der Waals surface area contributed by atoms with Gasteiger partial charge in [0, 0.05) is 26.6 Å². The molecular weight excluding hydrogens is 510 g/mol. The Morgan fingerprint density at radius 1 is 1.00 bits per heavy atom. The van der Waals surface area contributed by atoms with E-state index < -0.39 is 35.7 Å². The summed E-state index contributed by atoms with van der Waals surface area (Å²) in [5.74, 6) is -0.0596. The van der Waals surface area contributed by atoms with Crippen LogP contribution >= 0.6 is 0 Å². The van der Waals surface area contributed by atoms with E-state index in [0.29, 0.717) is 23.4 Å². The van der Waals surface area contributed by atoms with Crippen molar-refractivity contribution in [2.45, 2.75) is 57.2 Å². The van der Waals surface area contributed by atoms with Crippen LogP contribution in [0.15, 0.2) is 54.6 Å². The van der Waals surface area contributed by atoms with Crippen molar-refractivity contribution < 1.29 is 31.1 Å². The van der Waals surface area contributed by atoms with Crippen LogP contribution in [0.1, 0.15) is 59.3 Å². The van der Waals surface area contributed by atoms with E-state index in [1.807, 2.05) is 0 Å². The number of imidazole rings is 1. The van der Waals surface area contributed by atoms with Crippen molar-refractivity contribution in [2.75, 3.05) is 13.6 Å². The number of alkyl halides is 6. The Balaban J connectivity index is 1.79. The van der Waals surface area contributed by atoms with Gasteiger partial charge in [0.15, 0.2) is 5.69 Å². The van der Waals surface area contributed by atoms with E-state index in [2.05, 4.69) is 10.3 Å². The predicted molar refractivity (Wildman–Crippen MR) is 129 cm³/mol. The smallest absolute Gasteiger partial charge is 0.358 e. The van der Waals surface area contributed by atoms with Crippen molar-refractivity contribution in [1.82, 2.24) is 19.8 Å². The quantitative estimate of drug-likeness (QED) is 0.378. The fourth-order valence-corrected chi connectivity index (χ4v) is 5.15. The molecule has 204 valence electrons. The molecule has 0 aliphatic carbocycles. The highest BCUT2D eigenvalue weighted by atomic mass is 19.4. The first-order valence-corrected chi connectivity index (χ1v) is 12.3. The molecule has 1 N–H and O–H groups in total. The Kier molecular flexibility index (Phi) is 7.87. The zero-order valence-electron chi connectivity index (χ0n) is 20.9. The second kappa shape index (κ2) is 10.8. The summed E-state index contributed by atoms with van der Waals surface area (Å²) in [5, 5.41) is 2.63. The molecule has 11 heteroatoms. The molecule has 0 unspecified atom stereocenters. The average molecular weight is 539 g/mol. The Morgan fingerprint density at radius 2 is 1.66 bits per heavy atom. The van der Waals surface area contributed by atoms with Crippen LogP contribution in [0.4, 0.5) is 26.3 Å². The number of nitrogens with one attached hydrogen (secondary N) is 1. The highest BCUT2D eigenvalue weighted by molar-refractivity contribution is 5.83. The molecule has 3 aromatic rings. The minimum absolute atomic E-state index is 0.0163. The fraction of sp³-hybridized carbons (Fsp3) is 0.407. The first-order valence-electron chi connectivity index (χ1n) is 12.3. The summed E-state index contributed by atoms with van der Waals surface area (Å²) >= 11 is 0. The number of carbonyl (C=O) groups excluding carboxylic acids is 1. The second-order valence-corrected chi connectivity index (χ2v) is 9.18. The summed E-state index contributed by atoms with van der Waals surface area (Å²) in [5.41, 5.74) is -0.620. The number of likely N-dealkylation sites (N-methyl/N-ethyl adjacent to an activating group) is 1. The van der Waals surface area contributed by atoms with Gasteiger partial charge in [0.1, 0.15) is 11.9 Å². The van der Waals surface area contributed by atoms with E-state index in [0.717, 1.165) is 12.1 Å². The number of fused-ring (bicyclic) bond motifs is 1. The summed E-state index contributed by atoms with van der Waals surface area (Å²) < 4.78 is 83.2. The molecule has 0 bridgehead atoms. The number of rotatable bonds is 7. The number of benzene rings is 2. The van der Waals surface area contributed by atoms with Gasteiger partial charge in [0.25, 0.3) is 0 Å². The Labute approximate surface area is 216 Å².